The number of hydrogen-bond donors (Lipinski definition) is 1. The van der Waals surface area contributed by atoms with Gasteiger partial charge >= 0.3 is 0 Å². The van der Waals surface area contributed by atoms with Crippen LogP contribution >= 0.6 is 23.2 Å². The van der Waals surface area contributed by atoms with Crippen LogP contribution in [0.1, 0.15) is 5.56 Å². The Balaban J connectivity index is 1.53. The van der Waals surface area contributed by atoms with E-state index in [0.717, 1.165) is 48.8 Å². The van der Waals surface area contributed by atoms with E-state index in [-0.39, 0.29) is 0 Å². The number of fused-ring (bicyclic) bond motifs is 1. The lowest BCUT2D eigenvalue weighted by atomic mass is 10.2. The standard InChI is InChI=1S/C17H17Cl2N5/c1-11-2-3-14-15(8-11)22-17(21-14)24-6-4-23(5-7-24)16-12(18)9-20-10-13(16)19/h2-3,8-10H,4-7H2,1H3,(H,21,22). The number of piperazine rings is 1. The molecular weight excluding hydrogens is 345 g/mol. The monoisotopic (exact) mass is 361 g/mol. The molecule has 0 saturated carbocycles. The molecule has 0 bridgehead atoms. The summed E-state index contributed by atoms with van der Waals surface area (Å²) in [5.74, 6) is 0.919. The molecule has 0 atom stereocenters. The van der Waals surface area contributed by atoms with Crippen molar-refractivity contribution in [1.29, 1.82) is 0 Å². The van der Waals surface area contributed by atoms with Gasteiger partial charge in [0.25, 0.3) is 0 Å². The van der Waals surface area contributed by atoms with E-state index >= 15 is 0 Å². The zero-order valence-corrected chi connectivity index (χ0v) is 14.8. The molecule has 1 aliphatic heterocycles. The molecule has 124 valence electrons. The first-order chi connectivity index (χ1) is 11.6. The molecule has 3 aromatic rings. The largest absolute Gasteiger partial charge is 0.365 e. The highest BCUT2D eigenvalue weighted by Crippen LogP contribution is 2.33. The van der Waals surface area contributed by atoms with Crippen LogP contribution in [0.15, 0.2) is 30.6 Å². The number of anilines is 2. The van der Waals surface area contributed by atoms with E-state index in [4.69, 9.17) is 28.2 Å². The molecular formula is C17H17Cl2N5. The number of hydrogen-bond acceptors (Lipinski definition) is 4. The number of aromatic amines is 1. The Bertz CT molecular complexity index is 864. The van der Waals surface area contributed by atoms with Gasteiger partial charge in [0.05, 0.1) is 26.8 Å². The topological polar surface area (TPSA) is 48.1 Å². The maximum atomic E-state index is 6.26. The van der Waals surface area contributed by atoms with Crippen LogP contribution in [-0.4, -0.2) is 41.1 Å². The van der Waals surface area contributed by atoms with Crippen molar-refractivity contribution in [2.75, 3.05) is 36.0 Å². The zero-order chi connectivity index (χ0) is 16.7. The molecule has 7 heteroatoms. The molecule has 0 spiro atoms. The SMILES string of the molecule is Cc1ccc2nc(N3CCN(c4c(Cl)cncc4Cl)CC3)[nH]c2c1. The quantitative estimate of drug-likeness (QED) is 0.751. The van der Waals surface area contributed by atoms with Crippen LogP contribution in [0.4, 0.5) is 11.6 Å². The van der Waals surface area contributed by atoms with Gasteiger partial charge in [-0.3, -0.25) is 4.98 Å². The van der Waals surface area contributed by atoms with Gasteiger partial charge in [0, 0.05) is 38.6 Å². The third kappa shape index (κ3) is 2.78. The minimum absolute atomic E-state index is 0.593. The van der Waals surface area contributed by atoms with Crippen molar-refractivity contribution in [3.63, 3.8) is 0 Å². The maximum Gasteiger partial charge on any atom is 0.203 e. The first-order valence-corrected chi connectivity index (χ1v) is 8.63. The van der Waals surface area contributed by atoms with Crippen LogP contribution < -0.4 is 9.80 Å². The Morgan fingerprint density at radius 1 is 1.00 bits per heavy atom. The van der Waals surface area contributed by atoms with Crippen LogP contribution in [0.3, 0.4) is 0 Å². The fourth-order valence-corrected chi connectivity index (χ4v) is 3.71. The van der Waals surface area contributed by atoms with Gasteiger partial charge < -0.3 is 14.8 Å². The number of rotatable bonds is 2. The molecule has 0 unspecified atom stereocenters. The predicted molar refractivity (Wildman–Crippen MR) is 99.5 cm³/mol. The van der Waals surface area contributed by atoms with Crippen LogP contribution in [0.5, 0.6) is 0 Å². The van der Waals surface area contributed by atoms with Gasteiger partial charge in [-0.25, -0.2) is 4.98 Å². The number of nitrogens with one attached hydrogen (secondary N) is 1. The molecule has 0 radical (unpaired) electrons. The summed E-state index contributed by atoms with van der Waals surface area (Å²) in [5, 5.41) is 1.19. The highest BCUT2D eigenvalue weighted by molar-refractivity contribution is 6.38. The lowest BCUT2D eigenvalue weighted by Crippen LogP contribution is -2.47. The summed E-state index contributed by atoms with van der Waals surface area (Å²) >= 11 is 12.5. The van der Waals surface area contributed by atoms with Gasteiger partial charge in [-0.05, 0) is 24.6 Å². The summed E-state index contributed by atoms with van der Waals surface area (Å²) in [6, 6.07) is 6.26. The van der Waals surface area contributed by atoms with Gasteiger partial charge in [-0.1, -0.05) is 29.3 Å². The molecule has 0 amide bonds. The number of halogens is 2. The Morgan fingerprint density at radius 3 is 2.38 bits per heavy atom. The molecule has 1 aliphatic rings. The summed E-state index contributed by atoms with van der Waals surface area (Å²) in [7, 11) is 0. The predicted octanol–water partition coefficient (Wildman–Crippen LogP) is 3.90. The number of aromatic nitrogens is 3. The second-order valence-corrected chi connectivity index (χ2v) is 6.82. The molecule has 4 rings (SSSR count). The average Bonchev–Trinajstić information content (AvgIpc) is 2.98. The lowest BCUT2D eigenvalue weighted by Gasteiger charge is -2.36. The van der Waals surface area contributed by atoms with Gasteiger partial charge in [0.1, 0.15) is 0 Å². The highest BCUT2D eigenvalue weighted by atomic mass is 35.5. The Morgan fingerprint density at radius 2 is 1.67 bits per heavy atom. The Hall–Kier alpha value is -1.98. The first-order valence-electron chi connectivity index (χ1n) is 7.87. The Kier molecular flexibility index (Phi) is 3.98. The van der Waals surface area contributed by atoms with E-state index in [2.05, 4.69) is 44.9 Å². The average molecular weight is 362 g/mol. The van der Waals surface area contributed by atoms with E-state index in [9.17, 15) is 0 Å². The molecule has 3 heterocycles. The van der Waals surface area contributed by atoms with E-state index in [0.29, 0.717) is 10.0 Å². The molecule has 1 fully saturated rings. The number of imidazole rings is 1. The number of pyridine rings is 1. The lowest BCUT2D eigenvalue weighted by molar-refractivity contribution is 0.643. The van der Waals surface area contributed by atoms with E-state index in [1.54, 1.807) is 12.4 Å². The van der Waals surface area contributed by atoms with Gasteiger partial charge in [-0.15, -0.1) is 0 Å². The third-order valence-corrected chi connectivity index (χ3v) is 4.90. The molecule has 5 nitrogen and oxygen atoms in total. The van der Waals surface area contributed by atoms with Crippen LogP contribution in [0.2, 0.25) is 10.0 Å². The van der Waals surface area contributed by atoms with Crippen molar-refractivity contribution in [1.82, 2.24) is 15.0 Å². The van der Waals surface area contributed by atoms with Crippen molar-refractivity contribution in [2.24, 2.45) is 0 Å². The van der Waals surface area contributed by atoms with Crippen LogP contribution in [0.25, 0.3) is 11.0 Å². The smallest absolute Gasteiger partial charge is 0.203 e. The third-order valence-electron chi connectivity index (χ3n) is 4.35. The number of H-pyrrole nitrogens is 1. The van der Waals surface area contributed by atoms with Crippen molar-refractivity contribution in [3.05, 3.63) is 46.2 Å². The summed E-state index contributed by atoms with van der Waals surface area (Å²) in [6.45, 7) is 5.46. The van der Waals surface area contributed by atoms with Crippen molar-refractivity contribution in [2.45, 2.75) is 6.92 Å². The second-order valence-electron chi connectivity index (χ2n) is 6.01. The van der Waals surface area contributed by atoms with E-state index < -0.39 is 0 Å². The minimum Gasteiger partial charge on any atom is -0.365 e. The summed E-state index contributed by atoms with van der Waals surface area (Å²) in [6.07, 6.45) is 3.27. The number of benzene rings is 1. The fraction of sp³-hybridized carbons (Fsp3) is 0.294. The van der Waals surface area contributed by atoms with Gasteiger partial charge in [0.2, 0.25) is 5.95 Å². The van der Waals surface area contributed by atoms with E-state index in [1.165, 1.54) is 5.56 Å². The summed E-state index contributed by atoms with van der Waals surface area (Å²) in [5.41, 5.74) is 4.17. The van der Waals surface area contributed by atoms with E-state index in [1.807, 2.05) is 0 Å². The molecule has 24 heavy (non-hydrogen) atoms. The van der Waals surface area contributed by atoms with Crippen molar-refractivity contribution < 1.29 is 0 Å². The van der Waals surface area contributed by atoms with Gasteiger partial charge in [0.15, 0.2) is 0 Å². The highest BCUT2D eigenvalue weighted by Gasteiger charge is 2.22. The minimum atomic E-state index is 0.593. The van der Waals surface area contributed by atoms with Crippen LogP contribution in [-0.2, 0) is 0 Å². The second kappa shape index (κ2) is 6.15. The Labute approximate surface area is 150 Å². The first kappa shape index (κ1) is 15.5. The van der Waals surface area contributed by atoms with Gasteiger partial charge in [-0.2, -0.15) is 0 Å². The molecule has 1 saturated heterocycles. The zero-order valence-electron chi connectivity index (χ0n) is 13.3. The number of aryl methyl sites for hydroxylation is 1. The molecule has 0 aliphatic carbocycles. The van der Waals surface area contributed by atoms with Crippen molar-refractivity contribution >= 4 is 45.9 Å². The summed E-state index contributed by atoms with van der Waals surface area (Å²) < 4.78 is 0. The van der Waals surface area contributed by atoms with Crippen LogP contribution in [0, 0.1) is 6.92 Å². The maximum absolute atomic E-state index is 6.26. The molecule has 2 aromatic heterocycles. The molecule has 1 N–H and O–H groups in total. The molecule has 1 aromatic carbocycles. The summed E-state index contributed by atoms with van der Waals surface area (Å²) in [4.78, 5) is 16.6. The fourth-order valence-electron chi connectivity index (χ4n) is 3.11. The van der Waals surface area contributed by atoms with Crippen molar-refractivity contribution in [3.8, 4) is 0 Å². The normalized spacial score (nSPS) is 15.3. The number of nitrogens with zero attached hydrogens (tertiary/aromatic N) is 4.